The third-order valence-electron chi connectivity index (χ3n) is 4.80. The standard InChI is InChI=1S/C23H27NO5S2/c1-4-30(25,26)29-21-14-12-19(13-15-21)17-24(16-18(2)3)31(27,28)23-11-7-9-20-8-5-6-10-22(20)23/h5-15,18H,4,16-17H2,1-3H3. The van der Waals surface area contributed by atoms with Gasteiger partial charge in [-0.05, 0) is 42.0 Å². The number of fused-ring (bicyclic) bond motifs is 1. The topological polar surface area (TPSA) is 80.8 Å². The highest BCUT2D eigenvalue weighted by molar-refractivity contribution is 7.89. The zero-order valence-electron chi connectivity index (χ0n) is 17.9. The van der Waals surface area contributed by atoms with E-state index in [0.717, 1.165) is 10.9 Å². The maximum absolute atomic E-state index is 13.6. The lowest BCUT2D eigenvalue weighted by molar-refractivity contribution is 0.362. The van der Waals surface area contributed by atoms with Crippen molar-refractivity contribution in [2.45, 2.75) is 32.2 Å². The van der Waals surface area contributed by atoms with Crippen molar-refractivity contribution >= 4 is 30.9 Å². The summed E-state index contributed by atoms with van der Waals surface area (Å²) in [7, 11) is -7.37. The van der Waals surface area contributed by atoms with Crippen LogP contribution in [0, 0.1) is 5.92 Å². The molecule has 0 saturated heterocycles. The molecule has 0 amide bonds. The molecule has 31 heavy (non-hydrogen) atoms. The van der Waals surface area contributed by atoms with Crippen LogP contribution in [-0.2, 0) is 26.7 Å². The fraction of sp³-hybridized carbons (Fsp3) is 0.304. The van der Waals surface area contributed by atoms with Crippen molar-refractivity contribution in [1.82, 2.24) is 4.31 Å². The SMILES string of the molecule is CCS(=O)(=O)Oc1ccc(CN(CC(C)C)S(=O)(=O)c2cccc3ccccc23)cc1. The van der Waals surface area contributed by atoms with Crippen LogP contribution in [0.5, 0.6) is 5.75 Å². The van der Waals surface area contributed by atoms with Crippen molar-refractivity contribution < 1.29 is 21.0 Å². The van der Waals surface area contributed by atoms with Gasteiger partial charge in [-0.3, -0.25) is 0 Å². The molecule has 3 aromatic rings. The minimum Gasteiger partial charge on any atom is -0.382 e. The lowest BCUT2D eigenvalue weighted by Gasteiger charge is -2.25. The largest absolute Gasteiger partial charge is 0.382 e. The van der Waals surface area contributed by atoms with Gasteiger partial charge in [-0.25, -0.2) is 8.42 Å². The summed E-state index contributed by atoms with van der Waals surface area (Å²) in [5.74, 6) is 0.209. The molecule has 0 aromatic heterocycles. The molecule has 0 aliphatic heterocycles. The molecule has 3 rings (SSSR count). The number of nitrogens with zero attached hydrogens (tertiary/aromatic N) is 1. The summed E-state index contributed by atoms with van der Waals surface area (Å²) in [5.41, 5.74) is 0.741. The molecule has 0 atom stereocenters. The molecule has 3 aromatic carbocycles. The van der Waals surface area contributed by atoms with Crippen LogP contribution in [0.25, 0.3) is 10.8 Å². The number of benzene rings is 3. The highest BCUT2D eigenvalue weighted by Crippen LogP contribution is 2.27. The molecule has 0 bridgehead atoms. The van der Waals surface area contributed by atoms with E-state index in [1.54, 1.807) is 36.4 Å². The quantitative estimate of drug-likeness (QED) is 0.441. The Morgan fingerprint density at radius 3 is 2.16 bits per heavy atom. The second kappa shape index (κ2) is 9.38. The Morgan fingerprint density at radius 2 is 1.52 bits per heavy atom. The summed E-state index contributed by atoms with van der Waals surface area (Å²) in [5, 5.41) is 1.55. The van der Waals surface area contributed by atoms with Gasteiger partial charge in [-0.2, -0.15) is 12.7 Å². The van der Waals surface area contributed by atoms with Crippen LogP contribution in [0.2, 0.25) is 0 Å². The predicted molar refractivity (Wildman–Crippen MR) is 123 cm³/mol. The zero-order valence-corrected chi connectivity index (χ0v) is 19.5. The van der Waals surface area contributed by atoms with Crippen LogP contribution >= 0.6 is 0 Å². The third-order valence-corrected chi connectivity index (χ3v) is 7.82. The van der Waals surface area contributed by atoms with Crippen LogP contribution < -0.4 is 4.18 Å². The maximum atomic E-state index is 13.6. The lowest BCUT2D eigenvalue weighted by Crippen LogP contribution is -2.34. The van der Waals surface area contributed by atoms with E-state index < -0.39 is 20.1 Å². The molecule has 0 unspecified atom stereocenters. The smallest absolute Gasteiger partial charge is 0.308 e. The molecule has 0 spiro atoms. The first-order valence-electron chi connectivity index (χ1n) is 10.1. The minimum atomic E-state index is -3.76. The summed E-state index contributed by atoms with van der Waals surface area (Å²) in [6.45, 7) is 5.97. The van der Waals surface area contributed by atoms with Gasteiger partial charge in [0, 0.05) is 18.5 Å². The van der Waals surface area contributed by atoms with Crippen LogP contribution in [0.3, 0.4) is 0 Å². The van der Waals surface area contributed by atoms with E-state index in [2.05, 4.69) is 0 Å². The molecular formula is C23H27NO5S2. The molecule has 166 valence electrons. The monoisotopic (exact) mass is 461 g/mol. The molecule has 0 N–H and O–H groups in total. The molecule has 8 heteroatoms. The fourth-order valence-corrected chi connectivity index (χ4v) is 5.60. The Balaban J connectivity index is 1.93. The van der Waals surface area contributed by atoms with Crippen molar-refractivity contribution in [3.05, 3.63) is 72.3 Å². The molecule has 0 saturated carbocycles. The number of rotatable bonds is 9. The van der Waals surface area contributed by atoms with Crippen molar-refractivity contribution in [2.24, 2.45) is 5.92 Å². The zero-order chi connectivity index (χ0) is 22.6. The Morgan fingerprint density at radius 1 is 0.871 bits per heavy atom. The average Bonchev–Trinajstić information content (AvgIpc) is 2.73. The van der Waals surface area contributed by atoms with E-state index in [9.17, 15) is 16.8 Å². The van der Waals surface area contributed by atoms with E-state index in [-0.39, 0.29) is 28.9 Å². The van der Waals surface area contributed by atoms with Crippen LogP contribution in [-0.4, -0.2) is 33.4 Å². The van der Waals surface area contributed by atoms with Gasteiger partial charge >= 0.3 is 10.1 Å². The van der Waals surface area contributed by atoms with Crippen molar-refractivity contribution in [3.63, 3.8) is 0 Å². The molecule has 0 heterocycles. The summed E-state index contributed by atoms with van der Waals surface area (Å²) >= 11 is 0. The summed E-state index contributed by atoms with van der Waals surface area (Å²) < 4.78 is 57.0. The molecule has 0 radical (unpaired) electrons. The normalized spacial score (nSPS) is 12.5. The number of hydrogen-bond acceptors (Lipinski definition) is 5. The Labute approximate surface area is 184 Å². The van der Waals surface area contributed by atoms with Gasteiger partial charge in [0.2, 0.25) is 10.0 Å². The van der Waals surface area contributed by atoms with Crippen molar-refractivity contribution in [2.75, 3.05) is 12.3 Å². The van der Waals surface area contributed by atoms with Crippen molar-refractivity contribution in [3.8, 4) is 5.75 Å². The Kier molecular flexibility index (Phi) is 7.03. The first-order chi connectivity index (χ1) is 14.6. The van der Waals surface area contributed by atoms with Gasteiger partial charge in [-0.1, -0.05) is 62.4 Å². The first kappa shape index (κ1) is 23.2. The minimum absolute atomic E-state index is 0.125. The van der Waals surface area contributed by atoms with Gasteiger partial charge in [0.25, 0.3) is 0 Å². The van der Waals surface area contributed by atoms with Gasteiger partial charge < -0.3 is 4.18 Å². The van der Waals surface area contributed by atoms with E-state index in [4.69, 9.17) is 4.18 Å². The summed E-state index contributed by atoms with van der Waals surface area (Å²) in [4.78, 5) is 0.278. The highest BCUT2D eigenvalue weighted by atomic mass is 32.2. The van der Waals surface area contributed by atoms with Crippen LogP contribution in [0.1, 0.15) is 26.3 Å². The van der Waals surface area contributed by atoms with Gasteiger partial charge in [0.15, 0.2) is 0 Å². The summed E-state index contributed by atoms with van der Waals surface area (Å²) in [6.07, 6.45) is 0. The lowest BCUT2D eigenvalue weighted by atomic mass is 10.1. The van der Waals surface area contributed by atoms with Crippen LogP contribution in [0.4, 0.5) is 0 Å². The van der Waals surface area contributed by atoms with Gasteiger partial charge in [0.05, 0.1) is 10.6 Å². The number of sulfonamides is 1. The molecule has 0 fully saturated rings. The second-order valence-electron chi connectivity index (χ2n) is 7.74. The maximum Gasteiger partial charge on any atom is 0.308 e. The van der Waals surface area contributed by atoms with Gasteiger partial charge in [-0.15, -0.1) is 0 Å². The average molecular weight is 462 g/mol. The predicted octanol–water partition coefficient (Wildman–Crippen LogP) is 4.42. The van der Waals surface area contributed by atoms with Gasteiger partial charge in [0.1, 0.15) is 5.75 Å². The first-order valence-corrected chi connectivity index (χ1v) is 13.1. The van der Waals surface area contributed by atoms with E-state index in [0.29, 0.717) is 11.9 Å². The van der Waals surface area contributed by atoms with E-state index in [1.807, 2.05) is 44.2 Å². The second-order valence-corrected chi connectivity index (χ2v) is 11.5. The molecule has 0 aliphatic carbocycles. The fourth-order valence-electron chi connectivity index (χ4n) is 3.27. The third kappa shape index (κ3) is 5.64. The molecule has 6 nitrogen and oxygen atoms in total. The Hall–Kier alpha value is -2.42. The van der Waals surface area contributed by atoms with Crippen LogP contribution in [0.15, 0.2) is 71.6 Å². The van der Waals surface area contributed by atoms with E-state index >= 15 is 0 Å². The highest BCUT2D eigenvalue weighted by Gasteiger charge is 2.27. The molecule has 0 aliphatic rings. The van der Waals surface area contributed by atoms with Crippen molar-refractivity contribution in [1.29, 1.82) is 0 Å². The Bertz CT molecular complexity index is 1250. The summed E-state index contributed by atoms with van der Waals surface area (Å²) in [6, 6.07) is 19.2. The molecular weight excluding hydrogens is 434 g/mol. The van der Waals surface area contributed by atoms with E-state index in [1.165, 1.54) is 11.2 Å². The number of hydrogen-bond donors (Lipinski definition) is 0.